The molecule has 0 atom stereocenters. The Morgan fingerprint density at radius 3 is 2.35 bits per heavy atom. The van der Waals surface area contributed by atoms with Crippen molar-refractivity contribution in [1.82, 2.24) is 10.6 Å². The molecule has 0 saturated carbocycles. The van der Waals surface area contributed by atoms with Gasteiger partial charge in [-0.25, -0.2) is 0 Å². The maximum Gasteiger partial charge on any atom is 0.221 e. The minimum absolute atomic E-state index is 0.0743. The van der Waals surface area contributed by atoms with Crippen molar-refractivity contribution in [3.63, 3.8) is 0 Å². The van der Waals surface area contributed by atoms with E-state index >= 15 is 0 Å². The van der Waals surface area contributed by atoms with Crippen molar-refractivity contribution in [2.75, 3.05) is 26.3 Å². The van der Waals surface area contributed by atoms with E-state index in [1.54, 1.807) is 0 Å². The fraction of sp³-hybridized carbons (Fsp3) is 0.529. The van der Waals surface area contributed by atoms with Gasteiger partial charge >= 0.3 is 0 Å². The third kappa shape index (κ3) is 7.54. The molecule has 0 aliphatic rings. The Morgan fingerprint density at radius 2 is 1.70 bits per heavy atom. The summed E-state index contributed by atoms with van der Waals surface area (Å²) in [4.78, 5) is 22.3. The first kappa shape index (κ1) is 18.8. The molecule has 23 heavy (non-hydrogen) atoms. The lowest BCUT2D eigenvalue weighted by Crippen LogP contribution is -2.30. The summed E-state index contributed by atoms with van der Waals surface area (Å²) in [6, 6.07) is 5.80. The lowest BCUT2D eigenvalue weighted by atomic mass is 10.1. The highest BCUT2D eigenvalue weighted by molar-refractivity contribution is 5.77. The Bertz CT molecular complexity index is 517. The Balaban J connectivity index is 2.43. The fourth-order valence-electron chi connectivity index (χ4n) is 2.04. The molecule has 0 unspecified atom stereocenters. The number of carbonyl (C=O) groups is 2. The minimum atomic E-state index is -0.129. The van der Waals surface area contributed by atoms with Gasteiger partial charge in [0.1, 0.15) is 0 Å². The molecule has 1 aromatic rings. The van der Waals surface area contributed by atoms with Crippen LogP contribution in [-0.4, -0.2) is 38.1 Å². The van der Waals surface area contributed by atoms with E-state index in [4.69, 9.17) is 9.47 Å². The van der Waals surface area contributed by atoms with E-state index in [2.05, 4.69) is 10.6 Å². The first-order chi connectivity index (χ1) is 11.1. The molecule has 1 rings (SSSR count). The van der Waals surface area contributed by atoms with Crippen LogP contribution >= 0.6 is 0 Å². The SMILES string of the molecule is CCOc1ccc(CCNC(=O)CCNC(C)=O)cc1OCC. The van der Waals surface area contributed by atoms with E-state index in [0.29, 0.717) is 32.7 Å². The minimum Gasteiger partial charge on any atom is -0.490 e. The number of benzene rings is 1. The second-order valence-corrected chi connectivity index (χ2v) is 4.98. The summed E-state index contributed by atoms with van der Waals surface area (Å²) in [6.07, 6.45) is 0.991. The molecule has 0 fully saturated rings. The van der Waals surface area contributed by atoms with Crippen LogP contribution in [0, 0.1) is 0 Å². The Hall–Kier alpha value is -2.24. The van der Waals surface area contributed by atoms with Crippen molar-refractivity contribution >= 4 is 11.8 Å². The van der Waals surface area contributed by atoms with Gasteiger partial charge in [0.15, 0.2) is 11.5 Å². The zero-order valence-corrected chi connectivity index (χ0v) is 14.1. The number of rotatable bonds is 10. The smallest absolute Gasteiger partial charge is 0.221 e. The molecule has 128 valence electrons. The number of hydrogen-bond donors (Lipinski definition) is 2. The number of hydrogen-bond acceptors (Lipinski definition) is 4. The Labute approximate surface area is 137 Å². The standard InChI is InChI=1S/C17H26N2O4/c1-4-22-15-7-6-14(12-16(15)23-5-2)8-10-19-17(21)9-11-18-13(3)20/h6-7,12H,4-5,8-11H2,1-3H3,(H,18,20)(H,19,21). The highest BCUT2D eigenvalue weighted by Crippen LogP contribution is 2.28. The van der Waals surface area contributed by atoms with Crippen LogP contribution in [0.15, 0.2) is 18.2 Å². The third-order valence-electron chi connectivity index (χ3n) is 3.07. The van der Waals surface area contributed by atoms with Gasteiger partial charge in [-0.3, -0.25) is 9.59 Å². The topological polar surface area (TPSA) is 76.7 Å². The molecule has 0 saturated heterocycles. The molecule has 0 spiro atoms. The van der Waals surface area contributed by atoms with Crippen molar-refractivity contribution < 1.29 is 19.1 Å². The second-order valence-electron chi connectivity index (χ2n) is 4.98. The molecule has 1 aromatic carbocycles. The van der Waals surface area contributed by atoms with E-state index in [-0.39, 0.29) is 18.2 Å². The number of ether oxygens (including phenoxy) is 2. The molecule has 6 nitrogen and oxygen atoms in total. The van der Waals surface area contributed by atoms with Gasteiger partial charge in [-0.2, -0.15) is 0 Å². The van der Waals surface area contributed by atoms with Gasteiger partial charge in [0.25, 0.3) is 0 Å². The van der Waals surface area contributed by atoms with Crippen molar-refractivity contribution in [2.24, 2.45) is 0 Å². The Kier molecular flexibility index (Phi) is 8.57. The first-order valence-electron chi connectivity index (χ1n) is 7.96. The number of nitrogens with one attached hydrogen (secondary N) is 2. The number of amides is 2. The molecular formula is C17H26N2O4. The summed E-state index contributed by atoms with van der Waals surface area (Å²) >= 11 is 0. The lowest BCUT2D eigenvalue weighted by Gasteiger charge is -2.12. The largest absolute Gasteiger partial charge is 0.490 e. The summed E-state index contributed by atoms with van der Waals surface area (Å²) in [5.74, 6) is 1.26. The Morgan fingerprint density at radius 1 is 1.00 bits per heavy atom. The molecule has 0 aromatic heterocycles. The molecule has 2 amide bonds. The predicted octanol–water partition coefficient (Wildman–Crippen LogP) is 1.67. The summed E-state index contributed by atoms with van der Waals surface area (Å²) in [5, 5.41) is 5.43. The zero-order valence-electron chi connectivity index (χ0n) is 14.1. The average Bonchev–Trinajstić information content (AvgIpc) is 2.50. The quantitative estimate of drug-likeness (QED) is 0.687. The lowest BCUT2D eigenvalue weighted by molar-refractivity contribution is -0.121. The highest BCUT2D eigenvalue weighted by Gasteiger charge is 2.07. The van der Waals surface area contributed by atoms with Gasteiger partial charge in [0, 0.05) is 26.4 Å². The monoisotopic (exact) mass is 322 g/mol. The van der Waals surface area contributed by atoms with E-state index in [1.165, 1.54) is 6.92 Å². The maximum absolute atomic E-state index is 11.6. The fourth-order valence-corrected chi connectivity index (χ4v) is 2.04. The van der Waals surface area contributed by atoms with Crippen molar-refractivity contribution in [3.8, 4) is 11.5 Å². The van der Waals surface area contributed by atoms with E-state index in [0.717, 1.165) is 17.1 Å². The van der Waals surface area contributed by atoms with Gasteiger partial charge < -0.3 is 20.1 Å². The van der Waals surface area contributed by atoms with Crippen LogP contribution in [0.2, 0.25) is 0 Å². The highest BCUT2D eigenvalue weighted by atomic mass is 16.5. The van der Waals surface area contributed by atoms with Crippen LogP contribution in [0.5, 0.6) is 11.5 Å². The van der Waals surface area contributed by atoms with Crippen LogP contribution in [0.25, 0.3) is 0 Å². The molecule has 0 heterocycles. The van der Waals surface area contributed by atoms with E-state index in [1.807, 2.05) is 32.0 Å². The summed E-state index contributed by atoms with van der Waals surface area (Å²) in [7, 11) is 0. The van der Waals surface area contributed by atoms with Gasteiger partial charge in [0.2, 0.25) is 11.8 Å². The summed E-state index contributed by atoms with van der Waals surface area (Å²) in [6.45, 7) is 7.35. The van der Waals surface area contributed by atoms with Crippen LogP contribution < -0.4 is 20.1 Å². The van der Waals surface area contributed by atoms with Gasteiger partial charge in [-0.15, -0.1) is 0 Å². The van der Waals surface area contributed by atoms with Gasteiger partial charge in [-0.1, -0.05) is 6.07 Å². The van der Waals surface area contributed by atoms with Gasteiger partial charge in [-0.05, 0) is 38.0 Å². The average molecular weight is 322 g/mol. The maximum atomic E-state index is 11.6. The number of carbonyl (C=O) groups excluding carboxylic acids is 2. The molecule has 0 aliphatic heterocycles. The zero-order chi connectivity index (χ0) is 17.1. The van der Waals surface area contributed by atoms with Crippen molar-refractivity contribution in [2.45, 2.75) is 33.6 Å². The van der Waals surface area contributed by atoms with Crippen molar-refractivity contribution in [1.29, 1.82) is 0 Å². The van der Waals surface area contributed by atoms with Crippen LogP contribution in [0.4, 0.5) is 0 Å². The third-order valence-corrected chi connectivity index (χ3v) is 3.07. The van der Waals surface area contributed by atoms with Crippen LogP contribution in [-0.2, 0) is 16.0 Å². The van der Waals surface area contributed by atoms with E-state index in [9.17, 15) is 9.59 Å². The predicted molar refractivity (Wildman–Crippen MR) is 88.8 cm³/mol. The van der Waals surface area contributed by atoms with E-state index < -0.39 is 0 Å². The first-order valence-corrected chi connectivity index (χ1v) is 7.96. The molecule has 2 N–H and O–H groups in total. The molecule has 0 bridgehead atoms. The van der Waals surface area contributed by atoms with Crippen LogP contribution in [0.1, 0.15) is 32.8 Å². The molecule has 0 aliphatic carbocycles. The molecular weight excluding hydrogens is 296 g/mol. The normalized spacial score (nSPS) is 10.0. The summed E-state index contributed by atoms with van der Waals surface area (Å²) in [5.41, 5.74) is 1.07. The second kappa shape index (κ2) is 10.5. The summed E-state index contributed by atoms with van der Waals surface area (Å²) < 4.78 is 11.1. The van der Waals surface area contributed by atoms with Crippen molar-refractivity contribution in [3.05, 3.63) is 23.8 Å². The van der Waals surface area contributed by atoms with Gasteiger partial charge in [0.05, 0.1) is 13.2 Å². The van der Waals surface area contributed by atoms with Crippen LogP contribution in [0.3, 0.4) is 0 Å². The molecule has 6 heteroatoms. The molecule has 0 radical (unpaired) electrons.